The van der Waals surface area contributed by atoms with Gasteiger partial charge in [0.25, 0.3) is 0 Å². The molecule has 2 aromatic carbocycles. The molecule has 4 nitrogen and oxygen atoms in total. The molecule has 37 heavy (non-hydrogen) atoms. The number of allylic oxidation sites excluding steroid dienone is 2. The maximum Gasteiger partial charge on any atom is 0.416 e. The standard InChI is InChI=1S/C30H35F3O4/c1-28(2)14-15-29(3,4)25-16-19(12-13-24(25)28)8-6-9-21(18-23(26(34)35)27(36)37-5)20-10-7-11-22(17-20)30(31,32)33/h7,9-13,16-17,23H,6,8,14-15,18H2,1-5H3,(H,34,35)/b21-9-. The maximum atomic E-state index is 13.3. The highest BCUT2D eigenvalue weighted by atomic mass is 19.4. The number of carboxylic acids is 1. The lowest BCUT2D eigenvalue weighted by atomic mass is 9.63. The minimum Gasteiger partial charge on any atom is -0.481 e. The van der Waals surface area contributed by atoms with Crippen LogP contribution in [-0.2, 0) is 37.8 Å². The van der Waals surface area contributed by atoms with Crippen LogP contribution in [0.2, 0.25) is 0 Å². The number of alkyl halides is 3. The predicted molar refractivity (Wildman–Crippen MR) is 137 cm³/mol. The molecule has 0 saturated carbocycles. The average Bonchev–Trinajstić information content (AvgIpc) is 2.83. The number of hydrogen-bond acceptors (Lipinski definition) is 3. The number of carboxylic acid groups (broad SMARTS) is 1. The molecule has 2 aromatic rings. The summed E-state index contributed by atoms with van der Waals surface area (Å²) in [5.41, 5.74) is 3.68. The van der Waals surface area contributed by atoms with Gasteiger partial charge in [0, 0.05) is 0 Å². The topological polar surface area (TPSA) is 63.6 Å². The molecule has 200 valence electrons. The van der Waals surface area contributed by atoms with Crippen molar-refractivity contribution in [3.63, 3.8) is 0 Å². The normalized spacial score (nSPS) is 17.6. The SMILES string of the molecule is COC(=O)C(C/C(=C/CCc1ccc2c(c1)C(C)(C)CCC2(C)C)c1cccc(C(F)(F)F)c1)C(=O)O. The summed E-state index contributed by atoms with van der Waals surface area (Å²) < 4.78 is 44.7. The van der Waals surface area contributed by atoms with Crippen LogP contribution in [0, 0.1) is 5.92 Å². The van der Waals surface area contributed by atoms with Crippen molar-refractivity contribution in [3.8, 4) is 0 Å². The number of carbonyl (C=O) groups excluding carboxylic acids is 1. The van der Waals surface area contributed by atoms with E-state index in [2.05, 4.69) is 50.6 Å². The first-order chi connectivity index (χ1) is 17.2. The molecule has 0 fully saturated rings. The number of rotatable bonds is 8. The van der Waals surface area contributed by atoms with Gasteiger partial charge in [0.2, 0.25) is 0 Å². The number of methoxy groups -OCH3 is 1. The number of benzene rings is 2. The van der Waals surface area contributed by atoms with E-state index in [0.717, 1.165) is 37.6 Å². The van der Waals surface area contributed by atoms with Crippen LogP contribution in [0.5, 0.6) is 0 Å². The molecule has 0 heterocycles. The molecule has 1 unspecified atom stereocenters. The van der Waals surface area contributed by atoms with Gasteiger partial charge in [-0.05, 0) is 82.9 Å². The monoisotopic (exact) mass is 516 g/mol. The van der Waals surface area contributed by atoms with E-state index < -0.39 is 29.6 Å². The summed E-state index contributed by atoms with van der Waals surface area (Å²) >= 11 is 0. The van der Waals surface area contributed by atoms with Gasteiger partial charge in [-0.25, -0.2) is 0 Å². The van der Waals surface area contributed by atoms with Crippen molar-refractivity contribution >= 4 is 17.5 Å². The van der Waals surface area contributed by atoms with E-state index in [1.807, 2.05) is 0 Å². The van der Waals surface area contributed by atoms with E-state index in [4.69, 9.17) is 0 Å². The van der Waals surface area contributed by atoms with E-state index in [1.54, 1.807) is 6.08 Å². The van der Waals surface area contributed by atoms with Crippen LogP contribution in [0.3, 0.4) is 0 Å². The van der Waals surface area contributed by atoms with Gasteiger partial charge in [-0.2, -0.15) is 13.2 Å². The molecule has 1 N–H and O–H groups in total. The molecule has 0 aliphatic heterocycles. The molecule has 3 rings (SSSR count). The van der Waals surface area contributed by atoms with Crippen LogP contribution in [0.1, 0.15) is 81.2 Å². The van der Waals surface area contributed by atoms with Gasteiger partial charge < -0.3 is 9.84 Å². The Kier molecular flexibility index (Phi) is 8.25. The van der Waals surface area contributed by atoms with Gasteiger partial charge in [0.15, 0.2) is 5.92 Å². The Morgan fingerprint density at radius 1 is 1.03 bits per heavy atom. The first-order valence-corrected chi connectivity index (χ1v) is 12.5. The highest BCUT2D eigenvalue weighted by Crippen LogP contribution is 2.46. The van der Waals surface area contributed by atoms with Crippen LogP contribution in [0.15, 0.2) is 48.5 Å². The molecular weight excluding hydrogens is 481 g/mol. The van der Waals surface area contributed by atoms with E-state index in [1.165, 1.54) is 23.3 Å². The summed E-state index contributed by atoms with van der Waals surface area (Å²) in [7, 11) is 1.09. The fraction of sp³-hybridized carbons (Fsp3) is 0.467. The number of esters is 1. The van der Waals surface area contributed by atoms with Crippen molar-refractivity contribution in [1.29, 1.82) is 0 Å². The summed E-state index contributed by atoms with van der Waals surface area (Å²) in [6.07, 6.45) is 0.224. The van der Waals surface area contributed by atoms with Crippen LogP contribution in [-0.4, -0.2) is 24.2 Å². The van der Waals surface area contributed by atoms with Crippen molar-refractivity contribution in [2.45, 2.75) is 76.8 Å². The van der Waals surface area contributed by atoms with E-state index in [9.17, 15) is 27.9 Å². The first-order valence-electron chi connectivity index (χ1n) is 12.5. The molecule has 0 saturated heterocycles. The Bertz CT molecular complexity index is 1190. The largest absolute Gasteiger partial charge is 0.481 e. The molecule has 1 aliphatic carbocycles. The smallest absolute Gasteiger partial charge is 0.416 e. The number of aryl methyl sites for hydroxylation is 1. The van der Waals surface area contributed by atoms with Gasteiger partial charge >= 0.3 is 18.1 Å². The number of ether oxygens (including phenoxy) is 1. The van der Waals surface area contributed by atoms with Crippen LogP contribution < -0.4 is 0 Å². The van der Waals surface area contributed by atoms with Crippen molar-refractivity contribution in [2.75, 3.05) is 7.11 Å². The summed E-state index contributed by atoms with van der Waals surface area (Å²) in [4.78, 5) is 23.8. The first kappa shape index (κ1) is 28.5. The Balaban J connectivity index is 1.93. The van der Waals surface area contributed by atoms with Crippen molar-refractivity contribution in [2.24, 2.45) is 5.92 Å². The highest BCUT2D eigenvalue weighted by Gasteiger charge is 2.37. The lowest BCUT2D eigenvalue weighted by molar-refractivity contribution is -0.156. The predicted octanol–water partition coefficient (Wildman–Crippen LogP) is 7.33. The maximum absolute atomic E-state index is 13.3. The van der Waals surface area contributed by atoms with Gasteiger partial charge in [-0.15, -0.1) is 0 Å². The zero-order chi connectivity index (χ0) is 27.6. The number of carbonyl (C=O) groups is 2. The summed E-state index contributed by atoms with van der Waals surface area (Å²) in [6.45, 7) is 9.00. The van der Waals surface area contributed by atoms with Crippen molar-refractivity contribution < 1.29 is 32.6 Å². The fourth-order valence-corrected chi connectivity index (χ4v) is 5.05. The molecule has 7 heteroatoms. The Labute approximate surface area is 216 Å². The Morgan fingerprint density at radius 3 is 2.27 bits per heavy atom. The van der Waals surface area contributed by atoms with Crippen LogP contribution in [0.4, 0.5) is 13.2 Å². The van der Waals surface area contributed by atoms with Crippen molar-refractivity contribution in [3.05, 3.63) is 76.4 Å². The zero-order valence-electron chi connectivity index (χ0n) is 22.0. The molecule has 0 bridgehead atoms. The number of aliphatic carboxylic acids is 1. The average molecular weight is 517 g/mol. The minimum absolute atomic E-state index is 0.0507. The van der Waals surface area contributed by atoms with Crippen LogP contribution >= 0.6 is 0 Å². The van der Waals surface area contributed by atoms with Gasteiger partial charge in [0.1, 0.15) is 0 Å². The molecule has 0 amide bonds. The summed E-state index contributed by atoms with van der Waals surface area (Å²) in [5.74, 6) is -3.84. The molecule has 0 radical (unpaired) electrons. The van der Waals surface area contributed by atoms with Gasteiger partial charge in [0.05, 0.1) is 12.7 Å². The third kappa shape index (κ3) is 6.62. The number of hydrogen-bond donors (Lipinski definition) is 1. The molecular formula is C30H35F3O4. The summed E-state index contributed by atoms with van der Waals surface area (Å²) in [5, 5.41) is 9.55. The lowest BCUT2D eigenvalue weighted by Crippen LogP contribution is -2.33. The third-order valence-corrected chi connectivity index (χ3v) is 7.51. The lowest BCUT2D eigenvalue weighted by Gasteiger charge is -2.42. The van der Waals surface area contributed by atoms with Crippen LogP contribution in [0.25, 0.3) is 5.57 Å². The Hall–Kier alpha value is -3.09. The highest BCUT2D eigenvalue weighted by molar-refractivity contribution is 5.95. The second-order valence-corrected chi connectivity index (χ2v) is 11.1. The van der Waals surface area contributed by atoms with E-state index in [0.29, 0.717) is 18.4 Å². The van der Waals surface area contributed by atoms with Gasteiger partial charge in [-0.3, -0.25) is 9.59 Å². The minimum atomic E-state index is -4.54. The second kappa shape index (κ2) is 10.7. The summed E-state index contributed by atoms with van der Waals surface area (Å²) in [6, 6.07) is 11.2. The molecule has 1 atom stereocenters. The fourth-order valence-electron chi connectivity index (χ4n) is 5.05. The van der Waals surface area contributed by atoms with Gasteiger partial charge in [-0.1, -0.05) is 64.1 Å². The number of halogens is 3. The van der Waals surface area contributed by atoms with E-state index >= 15 is 0 Å². The quantitative estimate of drug-likeness (QED) is 0.295. The zero-order valence-corrected chi connectivity index (χ0v) is 22.0. The molecule has 1 aliphatic rings. The second-order valence-electron chi connectivity index (χ2n) is 11.1. The third-order valence-electron chi connectivity index (χ3n) is 7.51. The Morgan fingerprint density at radius 2 is 1.68 bits per heavy atom. The number of fused-ring (bicyclic) bond motifs is 1. The molecule has 0 aromatic heterocycles. The molecule has 0 spiro atoms. The van der Waals surface area contributed by atoms with Crippen molar-refractivity contribution in [1.82, 2.24) is 0 Å². The van der Waals surface area contributed by atoms with E-state index in [-0.39, 0.29) is 22.8 Å².